The van der Waals surface area contributed by atoms with Crippen LogP contribution in [0.3, 0.4) is 0 Å². The van der Waals surface area contributed by atoms with Crippen LogP contribution in [0.1, 0.15) is 41.0 Å². The van der Waals surface area contributed by atoms with E-state index in [0.29, 0.717) is 11.3 Å². The summed E-state index contributed by atoms with van der Waals surface area (Å²) >= 11 is 0. The van der Waals surface area contributed by atoms with E-state index in [4.69, 9.17) is 0 Å². The molecule has 0 saturated carbocycles. The third-order valence-corrected chi connectivity index (χ3v) is 4.40. The van der Waals surface area contributed by atoms with E-state index in [1.54, 1.807) is 24.3 Å². The minimum Gasteiger partial charge on any atom is -0.493 e. The van der Waals surface area contributed by atoms with Crippen LogP contribution in [0.4, 0.5) is 0 Å². The molecule has 1 unspecified atom stereocenters. The summed E-state index contributed by atoms with van der Waals surface area (Å²) in [5.41, 5.74) is 2.42. The van der Waals surface area contributed by atoms with E-state index in [1.165, 1.54) is 10.7 Å². The topological polar surface area (TPSA) is 104 Å². The number of aliphatic carboxylic acids is 1. The zero-order chi connectivity index (χ0) is 20.1. The molecular formula is C21H21N3O4. The van der Waals surface area contributed by atoms with Crippen LogP contribution in [0.25, 0.3) is 5.69 Å². The van der Waals surface area contributed by atoms with Gasteiger partial charge in [-0.3, -0.25) is 9.59 Å². The molecule has 0 radical (unpaired) electrons. The van der Waals surface area contributed by atoms with Gasteiger partial charge < -0.3 is 15.5 Å². The van der Waals surface area contributed by atoms with Crippen molar-refractivity contribution in [1.29, 1.82) is 0 Å². The van der Waals surface area contributed by atoms with Crippen molar-refractivity contribution >= 4 is 11.9 Å². The summed E-state index contributed by atoms with van der Waals surface area (Å²) in [6, 6.07) is 16.9. The lowest BCUT2D eigenvalue weighted by atomic mass is 10.0. The predicted octanol–water partition coefficient (Wildman–Crippen LogP) is 3.09. The third-order valence-electron chi connectivity index (χ3n) is 4.40. The Bertz CT molecular complexity index is 965. The van der Waals surface area contributed by atoms with Crippen molar-refractivity contribution in [3.05, 3.63) is 77.5 Å². The molecule has 2 aromatic carbocycles. The molecule has 3 aromatic rings. The molecule has 7 heteroatoms. The second-order valence-corrected chi connectivity index (χ2v) is 6.35. The molecule has 0 spiro atoms. The number of carboxylic acids is 1. The lowest BCUT2D eigenvalue weighted by Crippen LogP contribution is -2.30. The molecule has 1 atom stereocenters. The number of carboxylic acid groups (broad SMARTS) is 1. The highest BCUT2D eigenvalue weighted by atomic mass is 16.4. The van der Waals surface area contributed by atoms with E-state index >= 15 is 0 Å². The number of nitrogens with one attached hydrogen (secondary N) is 1. The molecular weight excluding hydrogens is 358 g/mol. The fourth-order valence-corrected chi connectivity index (χ4v) is 2.89. The number of amides is 1. The van der Waals surface area contributed by atoms with Crippen molar-refractivity contribution in [1.82, 2.24) is 15.1 Å². The Morgan fingerprint density at radius 1 is 1.11 bits per heavy atom. The van der Waals surface area contributed by atoms with E-state index in [-0.39, 0.29) is 18.0 Å². The highest BCUT2D eigenvalue weighted by Gasteiger charge is 2.22. The average Bonchev–Trinajstić information content (AvgIpc) is 3.10. The predicted molar refractivity (Wildman–Crippen MR) is 104 cm³/mol. The summed E-state index contributed by atoms with van der Waals surface area (Å²) in [4.78, 5) is 23.9. The molecule has 1 aromatic heterocycles. The number of aryl methyl sites for hydroxylation is 1. The molecule has 0 saturated heterocycles. The fraction of sp³-hybridized carbons (Fsp3) is 0.190. The van der Waals surface area contributed by atoms with Crippen LogP contribution >= 0.6 is 0 Å². The molecule has 0 fully saturated rings. The zero-order valence-electron chi connectivity index (χ0n) is 15.4. The highest BCUT2D eigenvalue weighted by molar-refractivity contribution is 5.93. The van der Waals surface area contributed by atoms with Crippen LogP contribution < -0.4 is 5.32 Å². The van der Waals surface area contributed by atoms with Gasteiger partial charge in [0, 0.05) is 6.07 Å². The van der Waals surface area contributed by atoms with Gasteiger partial charge in [0.2, 0.25) is 5.88 Å². The van der Waals surface area contributed by atoms with Gasteiger partial charge in [-0.2, -0.15) is 5.10 Å². The summed E-state index contributed by atoms with van der Waals surface area (Å²) in [6.07, 6.45) is 0.606. The first-order valence-corrected chi connectivity index (χ1v) is 8.94. The molecule has 7 nitrogen and oxygen atoms in total. The van der Waals surface area contributed by atoms with Crippen LogP contribution in [-0.4, -0.2) is 31.9 Å². The van der Waals surface area contributed by atoms with Crippen molar-refractivity contribution in [3.8, 4) is 11.6 Å². The van der Waals surface area contributed by atoms with Gasteiger partial charge in [-0.05, 0) is 29.7 Å². The first-order valence-electron chi connectivity index (χ1n) is 8.94. The van der Waals surface area contributed by atoms with E-state index in [0.717, 1.165) is 12.0 Å². The van der Waals surface area contributed by atoms with Gasteiger partial charge in [-0.1, -0.05) is 49.4 Å². The van der Waals surface area contributed by atoms with E-state index in [9.17, 15) is 19.8 Å². The molecule has 1 heterocycles. The van der Waals surface area contributed by atoms with Crippen LogP contribution in [0, 0.1) is 0 Å². The van der Waals surface area contributed by atoms with Gasteiger partial charge in [0.05, 0.1) is 18.2 Å². The zero-order valence-corrected chi connectivity index (χ0v) is 15.4. The number of rotatable bonds is 7. The number of para-hydroxylation sites is 1. The number of hydrogen-bond acceptors (Lipinski definition) is 4. The summed E-state index contributed by atoms with van der Waals surface area (Å²) in [5, 5.41) is 26.2. The van der Waals surface area contributed by atoms with Gasteiger partial charge in [0.25, 0.3) is 5.91 Å². The average molecular weight is 379 g/mol. The minimum atomic E-state index is -1.03. The second kappa shape index (κ2) is 8.39. The number of nitrogens with zero attached hydrogens (tertiary/aromatic N) is 2. The van der Waals surface area contributed by atoms with Crippen molar-refractivity contribution in [3.63, 3.8) is 0 Å². The number of carbonyl (C=O) groups excluding carboxylic acids is 1. The Morgan fingerprint density at radius 2 is 1.79 bits per heavy atom. The number of hydrogen-bond donors (Lipinski definition) is 3. The van der Waals surface area contributed by atoms with Crippen LogP contribution in [-0.2, 0) is 11.2 Å². The number of benzene rings is 2. The van der Waals surface area contributed by atoms with Crippen LogP contribution in [0.2, 0.25) is 0 Å². The quantitative estimate of drug-likeness (QED) is 0.585. The van der Waals surface area contributed by atoms with Gasteiger partial charge in [-0.25, -0.2) is 4.68 Å². The lowest BCUT2D eigenvalue weighted by molar-refractivity contribution is -0.137. The van der Waals surface area contributed by atoms with Gasteiger partial charge in [0.1, 0.15) is 0 Å². The molecule has 28 heavy (non-hydrogen) atoms. The van der Waals surface area contributed by atoms with Gasteiger partial charge in [0.15, 0.2) is 5.69 Å². The highest BCUT2D eigenvalue weighted by Crippen LogP contribution is 2.21. The second-order valence-electron chi connectivity index (χ2n) is 6.35. The maximum Gasteiger partial charge on any atom is 0.305 e. The maximum absolute atomic E-state index is 12.6. The normalized spacial score (nSPS) is 11.8. The number of carbonyl (C=O) groups is 2. The van der Waals surface area contributed by atoms with E-state index in [1.807, 2.05) is 37.3 Å². The van der Waals surface area contributed by atoms with Crippen molar-refractivity contribution in [2.45, 2.75) is 25.8 Å². The Balaban J connectivity index is 1.83. The standard InChI is InChI=1S/C21H21N3O4/c1-2-14-8-10-15(11-9-14)17(13-20(26)27)22-21(28)18-12-19(25)24(23-18)16-6-4-3-5-7-16/h3-12,17,25H,2,13H2,1H3,(H,22,28)(H,26,27). The van der Waals surface area contributed by atoms with E-state index < -0.39 is 17.9 Å². The number of aromatic nitrogens is 2. The third kappa shape index (κ3) is 4.37. The maximum atomic E-state index is 12.6. The molecule has 0 aliphatic carbocycles. The lowest BCUT2D eigenvalue weighted by Gasteiger charge is -2.17. The Morgan fingerprint density at radius 3 is 2.39 bits per heavy atom. The molecule has 0 aliphatic heterocycles. The summed E-state index contributed by atoms with van der Waals surface area (Å²) in [5.74, 6) is -1.77. The van der Waals surface area contributed by atoms with Crippen molar-refractivity contribution in [2.24, 2.45) is 0 Å². The monoisotopic (exact) mass is 379 g/mol. The summed E-state index contributed by atoms with van der Waals surface area (Å²) < 4.78 is 1.25. The minimum absolute atomic E-state index is 0.00178. The van der Waals surface area contributed by atoms with Gasteiger partial charge >= 0.3 is 5.97 Å². The van der Waals surface area contributed by atoms with Crippen LogP contribution in [0.15, 0.2) is 60.7 Å². The first kappa shape index (κ1) is 19.2. The molecule has 0 aliphatic rings. The summed E-state index contributed by atoms with van der Waals surface area (Å²) in [6.45, 7) is 2.03. The molecule has 3 N–H and O–H groups in total. The van der Waals surface area contributed by atoms with Crippen molar-refractivity contribution < 1.29 is 19.8 Å². The molecule has 144 valence electrons. The van der Waals surface area contributed by atoms with Gasteiger partial charge in [-0.15, -0.1) is 0 Å². The SMILES string of the molecule is CCc1ccc(C(CC(=O)O)NC(=O)c2cc(O)n(-c3ccccc3)n2)cc1. The first-order chi connectivity index (χ1) is 13.5. The fourth-order valence-electron chi connectivity index (χ4n) is 2.89. The van der Waals surface area contributed by atoms with E-state index in [2.05, 4.69) is 10.4 Å². The molecule has 1 amide bonds. The summed E-state index contributed by atoms with van der Waals surface area (Å²) in [7, 11) is 0. The molecule has 0 bridgehead atoms. The van der Waals surface area contributed by atoms with Crippen molar-refractivity contribution in [2.75, 3.05) is 0 Å². The Kier molecular flexibility index (Phi) is 5.74. The number of aromatic hydroxyl groups is 1. The molecule has 3 rings (SSSR count). The Labute approximate surface area is 162 Å². The smallest absolute Gasteiger partial charge is 0.305 e. The Hall–Kier alpha value is -3.61. The van der Waals surface area contributed by atoms with Crippen LogP contribution in [0.5, 0.6) is 5.88 Å². The largest absolute Gasteiger partial charge is 0.493 e.